The number of H-pyrrole nitrogens is 1. The quantitative estimate of drug-likeness (QED) is 0.751. The van der Waals surface area contributed by atoms with E-state index in [1.165, 1.54) is 24.4 Å². The van der Waals surface area contributed by atoms with Gasteiger partial charge in [-0.1, -0.05) is 13.8 Å². The largest absolute Gasteiger partial charge is 0.345 e. The summed E-state index contributed by atoms with van der Waals surface area (Å²) in [7, 11) is 0. The first-order chi connectivity index (χ1) is 6.75. The van der Waals surface area contributed by atoms with Gasteiger partial charge in [0, 0.05) is 24.4 Å². The third kappa shape index (κ3) is 2.58. The topological polar surface area (TPSA) is 40.7 Å². The number of aromatic nitrogens is 2. The summed E-state index contributed by atoms with van der Waals surface area (Å²) in [6.07, 6.45) is 4.58. The molecule has 0 aliphatic heterocycles. The molecule has 2 N–H and O–H groups in total. The van der Waals surface area contributed by atoms with Crippen molar-refractivity contribution in [3.8, 4) is 0 Å². The smallest absolute Gasteiger partial charge is 0.109 e. The average Bonchev–Trinajstić information content (AvgIpc) is 2.87. The maximum absolute atomic E-state index is 4.38. The lowest BCUT2D eigenvalue weighted by atomic mass is 10.2. The van der Waals surface area contributed by atoms with Crippen molar-refractivity contribution in [1.29, 1.82) is 0 Å². The molecule has 1 heterocycles. The molecule has 78 valence electrons. The zero-order valence-corrected chi connectivity index (χ0v) is 9.01. The number of rotatable bonds is 5. The number of nitrogens with one attached hydrogen (secondary N) is 2. The fourth-order valence-electron chi connectivity index (χ4n) is 1.53. The van der Waals surface area contributed by atoms with Crippen LogP contribution in [0.4, 0.5) is 0 Å². The third-order valence-corrected chi connectivity index (χ3v) is 2.48. The highest BCUT2D eigenvalue weighted by Gasteiger charge is 2.26. The lowest BCUT2D eigenvalue weighted by Crippen LogP contribution is -2.19. The van der Waals surface area contributed by atoms with Crippen LogP contribution in [-0.4, -0.2) is 16.5 Å². The van der Waals surface area contributed by atoms with Crippen molar-refractivity contribution in [1.82, 2.24) is 15.3 Å². The van der Waals surface area contributed by atoms with Gasteiger partial charge in [0.2, 0.25) is 0 Å². The van der Waals surface area contributed by atoms with Crippen LogP contribution in [0.3, 0.4) is 0 Å². The fraction of sp³-hybridized carbons (Fsp3) is 0.727. The summed E-state index contributed by atoms with van der Waals surface area (Å²) >= 11 is 0. The van der Waals surface area contributed by atoms with Crippen LogP contribution >= 0.6 is 0 Å². The van der Waals surface area contributed by atoms with E-state index in [0.717, 1.165) is 19.0 Å². The fourth-order valence-corrected chi connectivity index (χ4v) is 1.53. The van der Waals surface area contributed by atoms with Gasteiger partial charge in [-0.15, -0.1) is 0 Å². The molecule has 3 heteroatoms. The van der Waals surface area contributed by atoms with E-state index < -0.39 is 0 Å². The molecule has 0 unspecified atom stereocenters. The minimum Gasteiger partial charge on any atom is -0.345 e. The van der Waals surface area contributed by atoms with E-state index in [0.29, 0.717) is 5.92 Å². The molecule has 1 aliphatic rings. The second-order valence-corrected chi connectivity index (χ2v) is 4.59. The summed E-state index contributed by atoms with van der Waals surface area (Å²) in [5.41, 5.74) is 1.22. The zero-order valence-electron chi connectivity index (χ0n) is 9.01. The van der Waals surface area contributed by atoms with Crippen LogP contribution in [0.2, 0.25) is 0 Å². The molecular formula is C11H19N3. The third-order valence-electron chi connectivity index (χ3n) is 2.48. The van der Waals surface area contributed by atoms with Gasteiger partial charge in [0.25, 0.3) is 0 Å². The maximum Gasteiger partial charge on any atom is 0.109 e. The molecule has 3 nitrogen and oxygen atoms in total. The molecule has 0 radical (unpaired) electrons. The summed E-state index contributed by atoms with van der Waals surface area (Å²) < 4.78 is 0. The Labute approximate surface area is 85.3 Å². The first kappa shape index (κ1) is 9.71. The predicted molar refractivity (Wildman–Crippen MR) is 57.1 cm³/mol. The molecule has 2 rings (SSSR count). The van der Waals surface area contributed by atoms with E-state index in [1.807, 2.05) is 6.20 Å². The lowest BCUT2D eigenvalue weighted by molar-refractivity contribution is 0.548. The summed E-state index contributed by atoms with van der Waals surface area (Å²) in [4.78, 5) is 7.76. The number of hydrogen-bond acceptors (Lipinski definition) is 2. The predicted octanol–water partition coefficient (Wildman–Crippen LogP) is 2.03. The highest BCUT2D eigenvalue weighted by Crippen LogP contribution is 2.37. The first-order valence-electron chi connectivity index (χ1n) is 5.50. The van der Waals surface area contributed by atoms with Crippen molar-refractivity contribution in [3.63, 3.8) is 0 Å². The van der Waals surface area contributed by atoms with Gasteiger partial charge in [-0.25, -0.2) is 4.98 Å². The molecule has 0 amide bonds. The highest BCUT2D eigenvalue weighted by molar-refractivity contribution is 5.10. The second-order valence-electron chi connectivity index (χ2n) is 4.59. The van der Waals surface area contributed by atoms with Crippen LogP contribution in [0.15, 0.2) is 6.20 Å². The normalized spacial score (nSPS) is 16.5. The standard InChI is InChI=1S/C11H19N3/c1-8(2)5-12-6-10-7-13-11(14-10)9-3-4-9/h7-9,12H,3-6H2,1-2H3,(H,13,14). The van der Waals surface area contributed by atoms with Crippen LogP contribution in [0.1, 0.15) is 44.1 Å². The monoisotopic (exact) mass is 193 g/mol. The Hall–Kier alpha value is -0.830. The van der Waals surface area contributed by atoms with Crippen molar-refractivity contribution in [2.75, 3.05) is 6.54 Å². The van der Waals surface area contributed by atoms with Crippen LogP contribution in [-0.2, 0) is 6.54 Å². The molecular weight excluding hydrogens is 174 g/mol. The minimum absolute atomic E-state index is 0.709. The maximum atomic E-state index is 4.38. The number of nitrogens with zero attached hydrogens (tertiary/aromatic N) is 1. The van der Waals surface area contributed by atoms with E-state index >= 15 is 0 Å². The Bertz CT molecular complexity index is 286. The number of imidazole rings is 1. The van der Waals surface area contributed by atoms with Gasteiger partial charge < -0.3 is 10.3 Å². The minimum atomic E-state index is 0.709. The summed E-state index contributed by atoms with van der Waals surface area (Å²) in [6.45, 7) is 6.42. The van der Waals surface area contributed by atoms with Crippen LogP contribution in [0.25, 0.3) is 0 Å². The summed E-state index contributed by atoms with van der Waals surface area (Å²) in [5, 5.41) is 3.40. The molecule has 1 aromatic rings. The Morgan fingerprint density at radius 3 is 3.00 bits per heavy atom. The van der Waals surface area contributed by atoms with E-state index in [1.54, 1.807) is 0 Å². The Balaban J connectivity index is 1.78. The molecule has 0 aromatic carbocycles. The second kappa shape index (κ2) is 4.13. The molecule has 14 heavy (non-hydrogen) atoms. The van der Waals surface area contributed by atoms with Crippen LogP contribution in [0.5, 0.6) is 0 Å². The molecule has 0 bridgehead atoms. The Morgan fingerprint density at radius 2 is 2.36 bits per heavy atom. The van der Waals surface area contributed by atoms with Crippen LogP contribution in [0, 0.1) is 5.92 Å². The molecule has 0 saturated heterocycles. The van der Waals surface area contributed by atoms with Crippen molar-refractivity contribution in [3.05, 3.63) is 17.7 Å². The lowest BCUT2D eigenvalue weighted by Gasteiger charge is -2.05. The number of hydrogen-bond donors (Lipinski definition) is 2. The van der Waals surface area contributed by atoms with E-state index in [-0.39, 0.29) is 0 Å². The van der Waals surface area contributed by atoms with Crippen molar-refractivity contribution < 1.29 is 0 Å². The number of aromatic amines is 1. The first-order valence-corrected chi connectivity index (χ1v) is 5.50. The van der Waals surface area contributed by atoms with E-state index in [4.69, 9.17) is 0 Å². The van der Waals surface area contributed by atoms with Crippen molar-refractivity contribution >= 4 is 0 Å². The average molecular weight is 193 g/mol. The van der Waals surface area contributed by atoms with Gasteiger partial charge in [-0.3, -0.25) is 0 Å². The molecule has 1 aliphatic carbocycles. The van der Waals surface area contributed by atoms with Crippen molar-refractivity contribution in [2.24, 2.45) is 5.92 Å². The SMILES string of the molecule is CC(C)CNCc1cnc(C2CC2)[nH]1. The van der Waals surface area contributed by atoms with Gasteiger partial charge in [-0.05, 0) is 25.3 Å². The van der Waals surface area contributed by atoms with Gasteiger partial charge in [-0.2, -0.15) is 0 Å². The van der Waals surface area contributed by atoms with Gasteiger partial charge in [0.1, 0.15) is 5.82 Å². The van der Waals surface area contributed by atoms with Gasteiger partial charge in [0.05, 0.1) is 0 Å². The Morgan fingerprint density at radius 1 is 1.57 bits per heavy atom. The molecule has 1 fully saturated rings. The Kier molecular flexibility index (Phi) is 2.87. The summed E-state index contributed by atoms with van der Waals surface area (Å²) in [6, 6.07) is 0. The van der Waals surface area contributed by atoms with Crippen LogP contribution < -0.4 is 5.32 Å². The highest BCUT2D eigenvalue weighted by atomic mass is 15.0. The molecule has 1 saturated carbocycles. The molecule has 0 spiro atoms. The molecule has 1 aromatic heterocycles. The van der Waals surface area contributed by atoms with Crippen molar-refractivity contribution in [2.45, 2.75) is 39.2 Å². The van der Waals surface area contributed by atoms with E-state index in [2.05, 4.69) is 29.1 Å². The van der Waals surface area contributed by atoms with Gasteiger partial charge >= 0.3 is 0 Å². The van der Waals surface area contributed by atoms with E-state index in [9.17, 15) is 0 Å². The summed E-state index contributed by atoms with van der Waals surface area (Å²) in [5.74, 6) is 2.63. The zero-order chi connectivity index (χ0) is 9.97. The van der Waals surface area contributed by atoms with Gasteiger partial charge in [0.15, 0.2) is 0 Å². The molecule has 0 atom stereocenters.